The summed E-state index contributed by atoms with van der Waals surface area (Å²) in [5.74, 6) is -4.20. The molecular weight excluding hydrogens is 502 g/mol. The number of rotatable bonds is 17. The molecule has 3 rings (SSSR count). The second-order valence-corrected chi connectivity index (χ2v) is 11.4. The van der Waals surface area contributed by atoms with Gasteiger partial charge in [-0.3, -0.25) is 9.59 Å². The summed E-state index contributed by atoms with van der Waals surface area (Å²) in [6.07, 6.45) is 2.72. The topological polar surface area (TPSA) is 119 Å². The largest absolute Gasteiger partial charge is 0.481 e. The van der Waals surface area contributed by atoms with Crippen molar-refractivity contribution in [3.8, 4) is 11.1 Å². The monoisotopic (exact) mass is 548 g/mol. The standard InChI is InChI=1S/C33H43N3O4/c1-36(2,21-7-20-35-19-6-18-34)24-27-12-16-29(17-13-27)28-14-10-26(11-15-28)23-31(33(39)40)30(32(37)38)22-25-8-4-3-5-9-25/h3-5,8-17,30-31,35H,6-7,18-24,34H2,1-2H3,(H-,37,38,39,40)/p+3/t30-,31-/m0/s1. The molecule has 0 aliphatic rings. The molecular formula is C33H46N3O4+3. The lowest BCUT2D eigenvalue weighted by Gasteiger charge is -2.29. The first-order valence-corrected chi connectivity index (χ1v) is 14.3. The van der Waals surface area contributed by atoms with E-state index < -0.39 is 23.8 Å². The number of carboxylic acid groups (broad SMARTS) is 2. The molecule has 0 bridgehead atoms. The fourth-order valence-electron chi connectivity index (χ4n) is 5.23. The molecule has 0 saturated carbocycles. The van der Waals surface area contributed by atoms with Gasteiger partial charge in [-0.2, -0.15) is 0 Å². The van der Waals surface area contributed by atoms with Gasteiger partial charge in [-0.1, -0.05) is 78.9 Å². The molecule has 7 N–H and O–H groups in total. The van der Waals surface area contributed by atoms with Crippen LogP contribution in [0.5, 0.6) is 0 Å². The smallest absolute Gasteiger partial charge is 0.307 e. The Balaban J connectivity index is 1.60. The number of carbonyl (C=O) groups is 2. The van der Waals surface area contributed by atoms with Gasteiger partial charge in [0.05, 0.1) is 52.1 Å². The summed E-state index contributed by atoms with van der Waals surface area (Å²) >= 11 is 0. The molecule has 0 amide bonds. The van der Waals surface area contributed by atoms with Crippen LogP contribution in [0.1, 0.15) is 29.5 Å². The zero-order chi connectivity index (χ0) is 29.0. The molecule has 0 fully saturated rings. The lowest BCUT2D eigenvalue weighted by molar-refractivity contribution is -0.905. The van der Waals surface area contributed by atoms with E-state index in [1.165, 1.54) is 18.4 Å². The molecule has 3 aromatic rings. The van der Waals surface area contributed by atoms with E-state index in [2.05, 4.69) is 49.4 Å². The average Bonchev–Trinajstić information content (AvgIpc) is 2.93. The number of quaternary nitrogens is 3. The van der Waals surface area contributed by atoms with E-state index >= 15 is 0 Å². The van der Waals surface area contributed by atoms with Gasteiger partial charge in [0.2, 0.25) is 0 Å². The van der Waals surface area contributed by atoms with Crippen molar-refractivity contribution < 1.29 is 35.3 Å². The Labute approximate surface area is 238 Å². The van der Waals surface area contributed by atoms with Crippen LogP contribution in [0.4, 0.5) is 0 Å². The van der Waals surface area contributed by atoms with Crippen LogP contribution >= 0.6 is 0 Å². The van der Waals surface area contributed by atoms with Crippen molar-refractivity contribution in [2.75, 3.05) is 40.3 Å². The Bertz CT molecular complexity index is 1190. The summed E-state index contributed by atoms with van der Waals surface area (Å²) in [7, 11) is 4.56. The quantitative estimate of drug-likeness (QED) is 0.153. The number of carboxylic acids is 2. The van der Waals surface area contributed by atoms with Gasteiger partial charge in [-0.15, -0.1) is 0 Å². The molecule has 40 heavy (non-hydrogen) atoms. The van der Waals surface area contributed by atoms with Crippen molar-refractivity contribution in [1.82, 2.24) is 0 Å². The van der Waals surface area contributed by atoms with E-state index in [4.69, 9.17) is 0 Å². The predicted molar refractivity (Wildman–Crippen MR) is 157 cm³/mol. The summed E-state index contributed by atoms with van der Waals surface area (Å²) in [5, 5.41) is 22.1. The maximum atomic E-state index is 12.1. The molecule has 2 atom stereocenters. The van der Waals surface area contributed by atoms with Crippen LogP contribution in [-0.4, -0.2) is 66.9 Å². The fraction of sp³-hybridized carbons (Fsp3) is 0.394. The molecule has 0 spiro atoms. The van der Waals surface area contributed by atoms with Crippen molar-refractivity contribution in [2.45, 2.75) is 32.2 Å². The van der Waals surface area contributed by atoms with E-state index in [1.807, 2.05) is 54.6 Å². The van der Waals surface area contributed by atoms with Crippen molar-refractivity contribution in [3.05, 3.63) is 95.6 Å². The molecule has 0 unspecified atom stereocenters. The maximum absolute atomic E-state index is 12.1. The first-order valence-electron chi connectivity index (χ1n) is 14.3. The fourth-order valence-corrected chi connectivity index (χ4v) is 5.23. The van der Waals surface area contributed by atoms with Gasteiger partial charge in [0, 0.05) is 18.4 Å². The van der Waals surface area contributed by atoms with Crippen LogP contribution in [0.3, 0.4) is 0 Å². The Morgan fingerprint density at radius 1 is 0.725 bits per heavy atom. The number of nitrogens with two attached hydrogens (primary N) is 1. The molecule has 7 heteroatoms. The van der Waals surface area contributed by atoms with Gasteiger partial charge in [0.25, 0.3) is 0 Å². The number of benzene rings is 3. The predicted octanol–water partition coefficient (Wildman–Crippen LogP) is 2.70. The van der Waals surface area contributed by atoms with Crippen molar-refractivity contribution in [2.24, 2.45) is 11.8 Å². The molecule has 0 radical (unpaired) electrons. The molecule has 3 aromatic carbocycles. The summed E-state index contributed by atoms with van der Waals surface area (Å²) in [6.45, 7) is 5.44. The minimum atomic E-state index is -1.09. The second-order valence-electron chi connectivity index (χ2n) is 11.4. The van der Waals surface area contributed by atoms with Gasteiger partial charge in [0.1, 0.15) is 6.54 Å². The molecule has 0 aliphatic heterocycles. The third-order valence-electron chi connectivity index (χ3n) is 7.56. The van der Waals surface area contributed by atoms with E-state index in [0.717, 1.165) is 59.5 Å². The Hall–Kier alpha value is -3.52. The lowest BCUT2D eigenvalue weighted by atomic mass is 9.82. The van der Waals surface area contributed by atoms with Crippen LogP contribution < -0.4 is 11.1 Å². The van der Waals surface area contributed by atoms with Crippen molar-refractivity contribution in [1.29, 1.82) is 0 Å². The molecule has 0 aliphatic carbocycles. The third kappa shape index (κ3) is 9.90. The highest BCUT2D eigenvalue weighted by Crippen LogP contribution is 2.26. The summed E-state index contributed by atoms with van der Waals surface area (Å²) in [6, 6.07) is 25.6. The highest BCUT2D eigenvalue weighted by Gasteiger charge is 2.34. The molecule has 214 valence electrons. The van der Waals surface area contributed by atoms with E-state index in [0.29, 0.717) is 0 Å². The van der Waals surface area contributed by atoms with Gasteiger partial charge < -0.3 is 25.7 Å². The van der Waals surface area contributed by atoms with Gasteiger partial charge >= 0.3 is 11.9 Å². The van der Waals surface area contributed by atoms with E-state index in [9.17, 15) is 19.8 Å². The zero-order valence-corrected chi connectivity index (χ0v) is 24.0. The van der Waals surface area contributed by atoms with Gasteiger partial charge in [-0.05, 0) is 35.1 Å². The van der Waals surface area contributed by atoms with Crippen LogP contribution in [-0.2, 0) is 29.0 Å². The highest BCUT2D eigenvalue weighted by molar-refractivity contribution is 5.80. The Kier molecular flexibility index (Phi) is 11.9. The van der Waals surface area contributed by atoms with Crippen molar-refractivity contribution >= 4 is 11.9 Å². The first kappa shape index (κ1) is 31.0. The van der Waals surface area contributed by atoms with Gasteiger partial charge in [0.15, 0.2) is 0 Å². The Morgan fingerprint density at radius 3 is 1.70 bits per heavy atom. The average molecular weight is 549 g/mol. The normalized spacial score (nSPS) is 13.1. The number of hydrogen-bond donors (Lipinski definition) is 4. The summed E-state index contributed by atoms with van der Waals surface area (Å²) in [4.78, 5) is 24.1. The van der Waals surface area contributed by atoms with Gasteiger partial charge in [-0.25, -0.2) is 0 Å². The molecule has 0 heterocycles. The summed E-state index contributed by atoms with van der Waals surface area (Å²) < 4.78 is 0.948. The van der Waals surface area contributed by atoms with E-state index in [1.54, 1.807) is 0 Å². The Morgan fingerprint density at radius 2 is 1.20 bits per heavy atom. The van der Waals surface area contributed by atoms with E-state index in [-0.39, 0.29) is 12.8 Å². The van der Waals surface area contributed by atoms with Crippen molar-refractivity contribution in [3.63, 3.8) is 0 Å². The first-order chi connectivity index (χ1) is 19.2. The molecule has 7 nitrogen and oxygen atoms in total. The zero-order valence-electron chi connectivity index (χ0n) is 24.0. The summed E-state index contributed by atoms with van der Waals surface area (Å²) in [5.41, 5.74) is 8.98. The van der Waals surface area contributed by atoms with Crippen LogP contribution in [0, 0.1) is 11.8 Å². The minimum Gasteiger partial charge on any atom is -0.481 e. The minimum absolute atomic E-state index is 0.166. The number of nitrogens with zero attached hydrogens (tertiary/aromatic N) is 1. The van der Waals surface area contributed by atoms with Crippen LogP contribution in [0.25, 0.3) is 11.1 Å². The third-order valence-corrected chi connectivity index (χ3v) is 7.56. The molecule has 0 aromatic heterocycles. The highest BCUT2D eigenvalue weighted by atomic mass is 16.4. The number of hydrogen-bond acceptors (Lipinski definition) is 2. The lowest BCUT2D eigenvalue weighted by Crippen LogP contribution is -2.85. The second kappa shape index (κ2) is 15.3. The molecule has 0 saturated heterocycles. The van der Waals surface area contributed by atoms with Crippen LogP contribution in [0.2, 0.25) is 0 Å². The SMILES string of the molecule is C[N+](C)(CCC[NH2+]CCC[NH3+])Cc1ccc(-c2ccc(C[C@H](C(=O)O)[C@H](Cc3ccccc3)C(=O)O)cc2)cc1. The maximum Gasteiger partial charge on any atom is 0.307 e. The number of aliphatic carboxylic acids is 2. The van der Waals surface area contributed by atoms with Crippen LogP contribution in [0.15, 0.2) is 78.9 Å².